The van der Waals surface area contributed by atoms with E-state index in [9.17, 15) is 0 Å². The first-order valence-corrected chi connectivity index (χ1v) is 3.36. The highest BCUT2D eigenvalue weighted by Crippen LogP contribution is 2.51. The Morgan fingerprint density at radius 2 is 1.88 bits per heavy atom. The van der Waals surface area contributed by atoms with E-state index in [0.29, 0.717) is 11.5 Å². The fourth-order valence-electron chi connectivity index (χ4n) is 1.57. The van der Waals surface area contributed by atoms with Crippen LogP contribution >= 0.6 is 0 Å². The standard InChI is InChI=1S/C7H15N/c1-4-5-6(8)7(5,2)3/h5-6H,4,8H2,1-3H3/t5-,6-/m1/s1. The zero-order chi connectivity index (χ0) is 6.36. The van der Waals surface area contributed by atoms with Gasteiger partial charge in [-0.05, 0) is 11.3 Å². The van der Waals surface area contributed by atoms with Gasteiger partial charge in [0.05, 0.1) is 0 Å². The summed E-state index contributed by atoms with van der Waals surface area (Å²) in [6.07, 6.45) is 1.24. The SMILES string of the molecule is CC[C@@H]1[C@@H](N)C1(C)C. The van der Waals surface area contributed by atoms with Crippen LogP contribution in [0.15, 0.2) is 0 Å². The first kappa shape index (κ1) is 6.09. The summed E-state index contributed by atoms with van der Waals surface area (Å²) >= 11 is 0. The number of nitrogens with two attached hydrogens (primary N) is 1. The number of hydrogen-bond acceptors (Lipinski definition) is 1. The summed E-state index contributed by atoms with van der Waals surface area (Å²) in [5.41, 5.74) is 6.21. The molecule has 8 heavy (non-hydrogen) atoms. The van der Waals surface area contributed by atoms with Gasteiger partial charge in [-0.15, -0.1) is 0 Å². The van der Waals surface area contributed by atoms with Crippen molar-refractivity contribution in [3.8, 4) is 0 Å². The van der Waals surface area contributed by atoms with E-state index in [0.717, 1.165) is 5.92 Å². The maximum Gasteiger partial charge on any atom is 0.0128 e. The highest BCUT2D eigenvalue weighted by Gasteiger charge is 2.53. The molecule has 0 heterocycles. The lowest BCUT2D eigenvalue weighted by Gasteiger charge is -1.95. The van der Waals surface area contributed by atoms with Crippen molar-refractivity contribution in [1.29, 1.82) is 0 Å². The molecule has 1 rings (SSSR count). The molecular weight excluding hydrogens is 98.1 g/mol. The van der Waals surface area contributed by atoms with E-state index in [1.54, 1.807) is 0 Å². The monoisotopic (exact) mass is 113 g/mol. The second-order valence-electron chi connectivity index (χ2n) is 3.36. The Labute approximate surface area is 51.3 Å². The summed E-state index contributed by atoms with van der Waals surface area (Å²) in [5, 5.41) is 0. The minimum atomic E-state index is 0.453. The van der Waals surface area contributed by atoms with E-state index >= 15 is 0 Å². The Morgan fingerprint density at radius 1 is 1.50 bits per heavy atom. The van der Waals surface area contributed by atoms with Crippen LogP contribution in [0.5, 0.6) is 0 Å². The van der Waals surface area contributed by atoms with Gasteiger partial charge in [0, 0.05) is 6.04 Å². The summed E-state index contributed by atoms with van der Waals surface area (Å²) < 4.78 is 0. The lowest BCUT2D eigenvalue weighted by Crippen LogP contribution is -2.06. The lowest BCUT2D eigenvalue weighted by atomic mass is 10.1. The summed E-state index contributed by atoms with van der Waals surface area (Å²) in [6, 6.07) is 0.479. The lowest BCUT2D eigenvalue weighted by molar-refractivity contribution is 0.544. The first-order chi connectivity index (χ1) is 3.60. The van der Waals surface area contributed by atoms with Crippen LogP contribution in [-0.4, -0.2) is 6.04 Å². The Hall–Kier alpha value is -0.0400. The van der Waals surface area contributed by atoms with Crippen LogP contribution in [0, 0.1) is 11.3 Å². The van der Waals surface area contributed by atoms with Crippen LogP contribution in [-0.2, 0) is 0 Å². The summed E-state index contributed by atoms with van der Waals surface area (Å²) in [5.74, 6) is 0.794. The largest absolute Gasteiger partial charge is 0.327 e. The van der Waals surface area contributed by atoms with Gasteiger partial charge in [0.25, 0.3) is 0 Å². The summed E-state index contributed by atoms with van der Waals surface area (Å²) in [4.78, 5) is 0. The van der Waals surface area contributed by atoms with E-state index in [2.05, 4.69) is 20.8 Å². The van der Waals surface area contributed by atoms with Gasteiger partial charge in [0.2, 0.25) is 0 Å². The van der Waals surface area contributed by atoms with E-state index in [4.69, 9.17) is 5.73 Å². The quantitative estimate of drug-likeness (QED) is 0.546. The second kappa shape index (κ2) is 1.47. The van der Waals surface area contributed by atoms with Crippen molar-refractivity contribution in [2.45, 2.75) is 33.2 Å². The van der Waals surface area contributed by atoms with Gasteiger partial charge < -0.3 is 5.73 Å². The van der Waals surface area contributed by atoms with Crippen LogP contribution in [0.4, 0.5) is 0 Å². The van der Waals surface area contributed by atoms with Gasteiger partial charge in [-0.1, -0.05) is 27.2 Å². The molecule has 0 amide bonds. The maximum absolute atomic E-state index is 5.75. The van der Waals surface area contributed by atoms with Gasteiger partial charge in [-0.3, -0.25) is 0 Å². The minimum absolute atomic E-state index is 0.453. The van der Waals surface area contributed by atoms with Crippen molar-refractivity contribution in [1.82, 2.24) is 0 Å². The Kier molecular flexibility index (Phi) is 1.12. The molecule has 0 aromatic rings. The van der Waals surface area contributed by atoms with Crippen LogP contribution in [0.3, 0.4) is 0 Å². The van der Waals surface area contributed by atoms with Crippen molar-refractivity contribution in [3.63, 3.8) is 0 Å². The third-order valence-electron chi connectivity index (χ3n) is 2.58. The third kappa shape index (κ3) is 0.576. The normalized spacial score (nSPS) is 42.0. The van der Waals surface area contributed by atoms with Crippen molar-refractivity contribution < 1.29 is 0 Å². The van der Waals surface area contributed by atoms with Crippen LogP contribution in [0.2, 0.25) is 0 Å². The molecule has 2 atom stereocenters. The molecule has 0 radical (unpaired) electrons. The molecule has 1 aliphatic rings. The molecule has 1 heteroatoms. The molecule has 0 bridgehead atoms. The molecule has 0 saturated heterocycles. The molecule has 0 aliphatic heterocycles. The van der Waals surface area contributed by atoms with Crippen LogP contribution in [0.25, 0.3) is 0 Å². The molecular formula is C7H15N. The topological polar surface area (TPSA) is 26.0 Å². The van der Waals surface area contributed by atoms with Crippen molar-refractivity contribution in [3.05, 3.63) is 0 Å². The number of rotatable bonds is 1. The molecule has 0 aromatic heterocycles. The van der Waals surface area contributed by atoms with Gasteiger partial charge in [0.15, 0.2) is 0 Å². The van der Waals surface area contributed by atoms with Crippen molar-refractivity contribution >= 4 is 0 Å². The Morgan fingerprint density at radius 3 is 1.88 bits per heavy atom. The van der Waals surface area contributed by atoms with Crippen molar-refractivity contribution in [2.24, 2.45) is 17.1 Å². The zero-order valence-electron chi connectivity index (χ0n) is 5.94. The predicted octanol–water partition coefficient (Wildman–Crippen LogP) is 1.38. The molecule has 2 N–H and O–H groups in total. The smallest absolute Gasteiger partial charge is 0.0128 e. The highest BCUT2D eigenvalue weighted by molar-refractivity contribution is 5.07. The molecule has 1 aliphatic carbocycles. The van der Waals surface area contributed by atoms with E-state index in [1.165, 1.54) is 6.42 Å². The van der Waals surface area contributed by atoms with E-state index in [1.807, 2.05) is 0 Å². The minimum Gasteiger partial charge on any atom is -0.327 e. The Bertz CT molecular complexity index is 96.6. The van der Waals surface area contributed by atoms with Gasteiger partial charge in [-0.25, -0.2) is 0 Å². The number of hydrogen-bond donors (Lipinski definition) is 1. The van der Waals surface area contributed by atoms with Crippen LogP contribution < -0.4 is 5.73 Å². The predicted molar refractivity (Wildman–Crippen MR) is 35.5 cm³/mol. The molecule has 1 nitrogen and oxygen atoms in total. The molecule has 0 spiro atoms. The van der Waals surface area contributed by atoms with Gasteiger partial charge in [-0.2, -0.15) is 0 Å². The third-order valence-corrected chi connectivity index (χ3v) is 2.58. The summed E-state index contributed by atoms with van der Waals surface area (Å²) in [6.45, 7) is 6.69. The maximum atomic E-state index is 5.75. The molecule has 0 aromatic carbocycles. The van der Waals surface area contributed by atoms with Crippen LogP contribution in [0.1, 0.15) is 27.2 Å². The Balaban J connectivity index is 2.45. The molecule has 0 unspecified atom stereocenters. The summed E-state index contributed by atoms with van der Waals surface area (Å²) in [7, 11) is 0. The molecule has 1 fully saturated rings. The molecule has 1 saturated carbocycles. The first-order valence-electron chi connectivity index (χ1n) is 3.36. The van der Waals surface area contributed by atoms with Crippen molar-refractivity contribution in [2.75, 3.05) is 0 Å². The van der Waals surface area contributed by atoms with E-state index < -0.39 is 0 Å². The average molecular weight is 113 g/mol. The van der Waals surface area contributed by atoms with E-state index in [-0.39, 0.29) is 0 Å². The highest BCUT2D eigenvalue weighted by atomic mass is 14.8. The second-order valence-corrected chi connectivity index (χ2v) is 3.36. The fraction of sp³-hybridized carbons (Fsp3) is 1.00. The molecule has 48 valence electrons. The van der Waals surface area contributed by atoms with Gasteiger partial charge >= 0.3 is 0 Å². The zero-order valence-corrected chi connectivity index (χ0v) is 5.94. The van der Waals surface area contributed by atoms with Gasteiger partial charge in [0.1, 0.15) is 0 Å². The average Bonchev–Trinajstić information content (AvgIpc) is 2.09. The fourth-order valence-corrected chi connectivity index (χ4v) is 1.57.